The van der Waals surface area contributed by atoms with Gasteiger partial charge in [0.05, 0.1) is 5.02 Å². The fourth-order valence-corrected chi connectivity index (χ4v) is 1.34. The predicted octanol–water partition coefficient (Wildman–Crippen LogP) is 4.01. The van der Waals surface area contributed by atoms with Crippen LogP contribution in [0.3, 0.4) is 0 Å². The quantitative estimate of drug-likeness (QED) is 0.702. The van der Waals surface area contributed by atoms with Crippen LogP contribution in [-0.4, -0.2) is 5.11 Å². The summed E-state index contributed by atoms with van der Waals surface area (Å²) in [5, 5.41) is 8.98. The Morgan fingerprint density at radius 3 is 2.23 bits per heavy atom. The van der Waals surface area contributed by atoms with Gasteiger partial charge in [0, 0.05) is 5.56 Å². The fraction of sp³-hybridized carbons (Fsp3) is 0.143. The summed E-state index contributed by atoms with van der Waals surface area (Å²) in [5.74, 6) is -1.10. The minimum atomic E-state index is -1.91. The third-order valence-corrected chi connectivity index (χ3v) is 2.26. The zero-order valence-corrected chi connectivity index (χ0v) is 9.02. The van der Waals surface area contributed by atoms with Gasteiger partial charge in [-0.2, -0.15) is 0 Å². The van der Waals surface area contributed by atoms with Gasteiger partial charge in [0.15, 0.2) is 0 Å². The lowest BCUT2D eigenvalue weighted by molar-refractivity contribution is 0.472. The summed E-state index contributed by atoms with van der Waals surface area (Å²) < 4.78 is 11.2. The van der Waals surface area contributed by atoms with Crippen molar-refractivity contribution in [1.29, 1.82) is 0 Å². The molecule has 0 aliphatic heterocycles. The van der Waals surface area contributed by atoms with E-state index in [9.17, 15) is 4.39 Å². The van der Waals surface area contributed by atoms with Crippen molar-refractivity contribution < 1.29 is 9.50 Å². The zero-order chi connectivity index (χ0) is 10.2. The summed E-state index contributed by atoms with van der Waals surface area (Å²) in [5.41, 5.74) is -0.237. The first-order valence-corrected chi connectivity index (χ1v) is 4.59. The van der Waals surface area contributed by atoms with Gasteiger partial charge in [-0.25, -0.2) is 4.39 Å². The Kier molecular flexibility index (Phi) is 3.18. The third kappa shape index (κ3) is 2.53. The van der Waals surface area contributed by atoms with Crippen molar-refractivity contribution in [3.8, 4) is 5.75 Å². The van der Waals surface area contributed by atoms with Crippen LogP contribution in [0, 0.1) is 5.82 Å². The molecule has 0 saturated carbocycles. The number of benzene rings is 1. The Morgan fingerprint density at radius 2 is 1.77 bits per heavy atom. The molecule has 0 aliphatic rings. The van der Waals surface area contributed by atoms with Gasteiger partial charge in [-0.3, -0.25) is 0 Å². The van der Waals surface area contributed by atoms with Gasteiger partial charge < -0.3 is 5.11 Å². The van der Waals surface area contributed by atoms with Gasteiger partial charge >= 0.3 is 0 Å². The highest BCUT2D eigenvalue weighted by molar-refractivity contribution is 6.66. The molecule has 0 bridgehead atoms. The maximum absolute atomic E-state index is 13.1. The summed E-state index contributed by atoms with van der Waals surface area (Å²) >= 11 is 21.7. The van der Waals surface area contributed by atoms with Crippen molar-refractivity contribution in [2.75, 3.05) is 0 Å². The molecule has 0 aromatic heterocycles. The Bertz CT molecular complexity index is 334. The molecule has 0 atom stereocenters. The molecule has 0 saturated heterocycles. The number of phenolic OH excluding ortho intramolecular Hbond substituents is 1. The van der Waals surface area contributed by atoms with Crippen LogP contribution in [0.25, 0.3) is 0 Å². The summed E-state index contributed by atoms with van der Waals surface area (Å²) in [6.45, 7) is 0. The van der Waals surface area contributed by atoms with Crippen LogP contribution in [0.1, 0.15) is 5.56 Å². The van der Waals surface area contributed by atoms with Crippen LogP contribution in [0.2, 0.25) is 5.02 Å². The van der Waals surface area contributed by atoms with Crippen LogP contribution in [0.15, 0.2) is 12.1 Å². The lowest BCUT2D eigenvalue weighted by Crippen LogP contribution is -2.03. The van der Waals surface area contributed by atoms with E-state index < -0.39 is 9.61 Å². The zero-order valence-electron chi connectivity index (χ0n) is 5.99. The van der Waals surface area contributed by atoms with Crippen molar-refractivity contribution in [3.05, 3.63) is 28.5 Å². The molecule has 1 rings (SSSR count). The monoisotopic (exact) mass is 262 g/mol. The molecular weight excluding hydrogens is 261 g/mol. The summed E-state index contributed by atoms with van der Waals surface area (Å²) in [7, 11) is 0. The number of phenols is 1. The SMILES string of the molecule is Oc1cc(C(Cl)(Cl)Cl)c(F)cc1Cl. The lowest BCUT2D eigenvalue weighted by atomic mass is 10.2. The van der Waals surface area contributed by atoms with E-state index in [-0.39, 0.29) is 16.3 Å². The van der Waals surface area contributed by atoms with Crippen molar-refractivity contribution in [1.82, 2.24) is 0 Å². The largest absolute Gasteiger partial charge is 0.506 e. The molecule has 72 valence electrons. The van der Waals surface area contributed by atoms with Crippen molar-refractivity contribution in [2.24, 2.45) is 0 Å². The lowest BCUT2D eigenvalue weighted by Gasteiger charge is -2.12. The number of rotatable bonds is 0. The molecule has 1 nitrogen and oxygen atoms in total. The Labute approximate surface area is 94.0 Å². The molecular formula is C7H3Cl4FO. The molecule has 0 heterocycles. The molecule has 1 aromatic carbocycles. The van der Waals surface area contributed by atoms with Crippen LogP contribution < -0.4 is 0 Å². The van der Waals surface area contributed by atoms with Crippen LogP contribution in [-0.2, 0) is 3.79 Å². The van der Waals surface area contributed by atoms with Gasteiger partial charge in [0.1, 0.15) is 11.6 Å². The van der Waals surface area contributed by atoms with E-state index in [1.54, 1.807) is 0 Å². The van der Waals surface area contributed by atoms with E-state index in [0.29, 0.717) is 0 Å². The second-order valence-electron chi connectivity index (χ2n) is 2.28. The second-order valence-corrected chi connectivity index (χ2v) is 4.97. The van der Waals surface area contributed by atoms with E-state index in [0.717, 1.165) is 12.1 Å². The smallest absolute Gasteiger partial charge is 0.218 e. The summed E-state index contributed by atoms with van der Waals surface area (Å²) in [6.07, 6.45) is 0. The molecule has 6 heteroatoms. The molecule has 1 N–H and O–H groups in total. The summed E-state index contributed by atoms with van der Waals surface area (Å²) in [6, 6.07) is 1.86. The molecule has 0 aliphatic carbocycles. The first kappa shape index (κ1) is 11.2. The van der Waals surface area contributed by atoms with E-state index in [1.807, 2.05) is 0 Å². The highest BCUT2D eigenvalue weighted by Crippen LogP contribution is 2.42. The standard InChI is InChI=1S/C7H3Cl4FO/c8-4-2-5(12)3(1-6(4)13)7(9,10)11/h1-2,13H. The fourth-order valence-electron chi connectivity index (χ4n) is 0.755. The molecule has 0 spiro atoms. The first-order valence-electron chi connectivity index (χ1n) is 3.07. The normalized spacial score (nSPS) is 11.8. The molecule has 0 amide bonds. The average Bonchev–Trinajstić information content (AvgIpc) is 1.94. The Balaban J connectivity index is 3.32. The highest BCUT2D eigenvalue weighted by atomic mass is 35.6. The molecule has 13 heavy (non-hydrogen) atoms. The number of alkyl halides is 3. The molecule has 0 fully saturated rings. The third-order valence-electron chi connectivity index (χ3n) is 1.34. The van der Waals surface area contributed by atoms with Crippen LogP contribution >= 0.6 is 46.4 Å². The summed E-state index contributed by atoms with van der Waals surface area (Å²) in [4.78, 5) is 0. The number of halogens is 5. The average molecular weight is 264 g/mol. The van der Waals surface area contributed by atoms with Gasteiger partial charge in [0.25, 0.3) is 0 Å². The van der Waals surface area contributed by atoms with E-state index in [1.165, 1.54) is 0 Å². The number of aromatic hydroxyl groups is 1. The van der Waals surface area contributed by atoms with Gasteiger partial charge in [-0.1, -0.05) is 46.4 Å². The van der Waals surface area contributed by atoms with Crippen molar-refractivity contribution >= 4 is 46.4 Å². The van der Waals surface area contributed by atoms with E-state index in [2.05, 4.69) is 0 Å². The Morgan fingerprint density at radius 1 is 1.23 bits per heavy atom. The Hall–Kier alpha value is 0.110. The van der Waals surface area contributed by atoms with Crippen LogP contribution in [0.4, 0.5) is 4.39 Å². The molecule has 1 aromatic rings. The van der Waals surface area contributed by atoms with Gasteiger partial charge in [0.2, 0.25) is 3.79 Å². The van der Waals surface area contributed by atoms with E-state index in [4.69, 9.17) is 51.5 Å². The number of hydrogen-bond acceptors (Lipinski definition) is 1. The second kappa shape index (κ2) is 3.70. The predicted molar refractivity (Wildman–Crippen MR) is 52.3 cm³/mol. The van der Waals surface area contributed by atoms with Crippen molar-refractivity contribution in [2.45, 2.75) is 3.79 Å². The van der Waals surface area contributed by atoms with Crippen molar-refractivity contribution in [3.63, 3.8) is 0 Å². The minimum Gasteiger partial charge on any atom is -0.506 e. The van der Waals surface area contributed by atoms with Gasteiger partial charge in [-0.15, -0.1) is 0 Å². The topological polar surface area (TPSA) is 20.2 Å². The number of hydrogen-bond donors (Lipinski definition) is 1. The first-order chi connectivity index (χ1) is 5.82. The van der Waals surface area contributed by atoms with E-state index >= 15 is 0 Å². The maximum atomic E-state index is 13.1. The maximum Gasteiger partial charge on any atom is 0.218 e. The minimum absolute atomic E-state index is 0.129. The van der Waals surface area contributed by atoms with Crippen LogP contribution in [0.5, 0.6) is 5.75 Å². The molecule has 0 radical (unpaired) electrons. The molecule has 0 unspecified atom stereocenters. The van der Waals surface area contributed by atoms with Gasteiger partial charge in [-0.05, 0) is 12.1 Å². The highest BCUT2D eigenvalue weighted by Gasteiger charge is 2.27.